The van der Waals surface area contributed by atoms with E-state index in [2.05, 4.69) is 31.6 Å². The predicted molar refractivity (Wildman–Crippen MR) is 47.0 cm³/mol. The van der Waals surface area contributed by atoms with Gasteiger partial charge >= 0.3 is 0 Å². The molecule has 5 nitrogen and oxygen atoms in total. The third kappa shape index (κ3) is 1.70. The smallest absolute Gasteiger partial charge is 0.197 e. The summed E-state index contributed by atoms with van der Waals surface area (Å²) in [6, 6.07) is 0. The maximum atomic E-state index is 11.4. The fourth-order valence-electron chi connectivity index (χ4n) is 0.872. The minimum Gasteiger partial charge on any atom is -0.313 e. The molecule has 0 aromatic carbocycles. The number of nitrogens with one attached hydrogen (secondary N) is 1. The standard InChI is InChI=1S/C6H9BrN4O/c1-8-3-4(12)5-6(7)9-10-11(5)2/h8H,3H2,1-2H3. The van der Waals surface area contributed by atoms with Gasteiger partial charge in [-0.1, -0.05) is 5.21 Å². The van der Waals surface area contributed by atoms with Gasteiger partial charge in [-0.3, -0.25) is 4.79 Å². The number of rotatable bonds is 3. The fraction of sp³-hybridized carbons (Fsp3) is 0.500. The molecule has 0 aliphatic heterocycles. The number of carbonyl (C=O) groups is 1. The van der Waals surface area contributed by atoms with Crippen molar-refractivity contribution >= 4 is 21.7 Å². The van der Waals surface area contributed by atoms with E-state index in [9.17, 15) is 4.79 Å². The molecule has 0 radical (unpaired) electrons. The summed E-state index contributed by atoms with van der Waals surface area (Å²) in [5, 5.41) is 10.2. The molecule has 12 heavy (non-hydrogen) atoms. The monoisotopic (exact) mass is 232 g/mol. The van der Waals surface area contributed by atoms with Crippen LogP contribution in [-0.4, -0.2) is 34.4 Å². The second-order valence-corrected chi connectivity index (χ2v) is 3.06. The summed E-state index contributed by atoms with van der Waals surface area (Å²) in [6.45, 7) is 0.291. The first-order valence-electron chi connectivity index (χ1n) is 3.39. The lowest BCUT2D eigenvalue weighted by Crippen LogP contribution is -2.21. The molecule has 0 aliphatic rings. The molecule has 0 bridgehead atoms. The SMILES string of the molecule is CNCC(=O)c1c(Br)nnn1C. The topological polar surface area (TPSA) is 59.8 Å². The van der Waals surface area contributed by atoms with Crippen molar-refractivity contribution in [1.29, 1.82) is 0 Å². The molecular formula is C6H9BrN4O. The summed E-state index contributed by atoms with van der Waals surface area (Å²) in [7, 11) is 3.40. The van der Waals surface area contributed by atoms with Gasteiger partial charge in [0, 0.05) is 7.05 Å². The van der Waals surface area contributed by atoms with Crippen LogP contribution in [0.4, 0.5) is 0 Å². The molecule has 0 unspecified atom stereocenters. The van der Waals surface area contributed by atoms with Crippen LogP contribution in [0.1, 0.15) is 10.5 Å². The van der Waals surface area contributed by atoms with E-state index in [1.807, 2.05) is 0 Å². The van der Waals surface area contributed by atoms with Crippen LogP contribution in [-0.2, 0) is 7.05 Å². The van der Waals surface area contributed by atoms with Crippen LogP contribution in [0.15, 0.2) is 4.60 Å². The average molecular weight is 233 g/mol. The summed E-state index contributed by atoms with van der Waals surface area (Å²) in [5.41, 5.74) is 0.490. The Labute approximate surface area is 78.3 Å². The van der Waals surface area contributed by atoms with E-state index in [-0.39, 0.29) is 5.78 Å². The first-order valence-corrected chi connectivity index (χ1v) is 4.19. The fourth-order valence-corrected chi connectivity index (χ4v) is 1.42. The van der Waals surface area contributed by atoms with Crippen LogP contribution < -0.4 is 5.32 Å². The van der Waals surface area contributed by atoms with Crippen molar-refractivity contribution in [3.05, 3.63) is 10.3 Å². The Morgan fingerprint density at radius 1 is 1.75 bits per heavy atom. The summed E-state index contributed by atoms with van der Waals surface area (Å²) >= 11 is 3.14. The highest BCUT2D eigenvalue weighted by Crippen LogP contribution is 2.11. The highest BCUT2D eigenvalue weighted by molar-refractivity contribution is 9.10. The number of halogens is 1. The minimum absolute atomic E-state index is 0.0307. The van der Waals surface area contributed by atoms with Crippen molar-refractivity contribution in [3.8, 4) is 0 Å². The average Bonchev–Trinajstić information content (AvgIpc) is 2.32. The lowest BCUT2D eigenvalue weighted by molar-refractivity contribution is 0.0984. The van der Waals surface area contributed by atoms with Crippen LogP contribution in [0.3, 0.4) is 0 Å². The Balaban J connectivity index is 2.93. The Bertz CT molecular complexity index is 276. The number of nitrogens with zero attached hydrogens (tertiary/aromatic N) is 3. The molecular weight excluding hydrogens is 224 g/mol. The summed E-state index contributed by atoms with van der Waals surface area (Å²) < 4.78 is 1.94. The third-order valence-electron chi connectivity index (χ3n) is 1.39. The largest absolute Gasteiger partial charge is 0.313 e. The number of aromatic nitrogens is 3. The number of hydrogen-bond donors (Lipinski definition) is 1. The zero-order valence-corrected chi connectivity index (χ0v) is 8.42. The molecule has 1 heterocycles. The van der Waals surface area contributed by atoms with Crippen LogP contribution in [0.25, 0.3) is 0 Å². The third-order valence-corrected chi connectivity index (χ3v) is 1.92. The Morgan fingerprint density at radius 2 is 2.42 bits per heavy atom. The first kappa shape index (κ1) is 9.34. The summed E-state index contributed by atoms with van der Waals surface area (Å²) in [5.74, 6) is -0.0307. The minimum atomic E-state index is -0.0307. The molecule has 0 saturated heterocycles. The molecule has 6 heteroatoms. The van der Waals surface area contributed by atoms with E-state index < -0.39 is 0 Å². The number of carbonyl (C=O) groups excluding carboxylic acids is 1. The van der Waals surface area contributed by atoms with Crippen LogP contribution in [0, 0.1) is 0 Å². The van der Waals surface area contributed by atoms with Crippen LogP contribution in [0.5, 0.6) is 0 Å². The van der Waals surface area contributed by atoms with E-state index in [0.29, 0.717) is 16.8 Å². The van der Waals surface area contributed by atoms with Crippen LogP contribution in [0.2, 0.25) is 0 Å². The Hall–Kier alpha value is -0.750. The molecule has 0 fully saturated rings. The zero-order valence-electron chi connectivity index (χ0n) is 6.83. The number of ketones is 1. The van der Waals surface area contributed by atoms with Gasteiger partial charge in [0.05, 0.1) is 6.54 Å². The number of aryl methyl sites for hydroxylation is 1. The van der Waals surface area contributed by atoms with E-state index in [1.54, 1.807) is 14.1 Å². The molecule has 66 valence electrons. The Morgan fingerprint density at radius 3 is 2.83 bits per heavy atom. The maximum absolute atomic E-state index is 11.4. The van der Waals surface area contributed by atoms with Gasteiger partial charge in [-0.15, -0.1) is 5.10 Å². The maximum Gasteiger partial charge on any atom is 0.197 e. The molecule has 1 N–H and O–H groups in total. The lowest BCUT2D eigenvalue weighted by Gasteiger charge is -1.98. The van der Waals surface area contributed by atoms with Crippen molar-refractivity contribution in [2.24, 2.45) is 7.05 Å². The molecule has 0 saturated carbocycles. The van der Waals surface area contributed by atoms with Gasteiger partial charge in [-0.25, -0.2) is 4.68 Å². The predicted octanol–water partition coefficient (Wildman–Crippen LogP) is -0.0203. The molecule has 1 aromatic heterocycles. The highest BCUT2D eigenvalue weighted by Gasteiger charge is 2.15. The van der Waals surface area contributed by atoms with E-state index in [1.165, 1.54) is 4.68 Å². The summed E-state index contributed by atoms with van der Waals surface area (Å²) in [4.78, 5) is 11.4. The van der Waals surface area contributed by atoms with Crippen molar-refractivity contribution in [2.75, 3.05) is 13.6 Å². The lowest BCUT2D eigenvalue weighted by atomic mass is 10.3. The van der Waals surface area contributed by atoms with Gasteiger partial charge in [-0.2, -0.15) is 0 Å². The molecule has 0 atom stereocenters. The van der Waals surface area contributed by atoms with E-state index >= 15 is 0 Å². The summed E-state index contributed by atoms with van der Waals surface area (Å²) in [6.07, 6.45) is 0. The van der Waals surface area contributed by atoms with E-state index in [4.69, 9.17) is 0 Å². The second kappa shape index (κ2) is 3.77. The van der Waals surface area contributed by atoms with Crippen molar-refractivity contribution in [2.45, 2.75) is 0 Å². The normalized spacial score (nSPS) is 10.2. The van der Waals surface area contributed by atoms with Gasteiger partial charge < -0.3 is 5.32 Å². The van der Waals surface area contributed by atoms with Gasteiger partial charge in [-0.05, 0) is 23.0 Å². The zero-order chi connectivity index (χ0) is 9.14. The molecule has 0 aliphatic carbocycles. The molecule has 1 aromatic rings. The first-order chi connectivity index (χ1) is 5.66. The van der Waals surface area contributed by atoms with Crippen molar-refractivity contribution in [1.82, 2.24) is 20.3 Å². The second-order valence-electron chi connectivity index (χ2n) is 2.31. The van der Waals surface area contributed by atoms with Gasteiger partial charge in [0.25, 0.3) is 0 Å². The highest BCUT2D eigenvalue weighted by atomic mass is 79.9. The quantitative estimate of drug-likeness (QED) is 0.745. The molecule has 0 spiro atoms. The number of hydrogen-bond acceptors (Lipinski definition) is 4. The number of Topliss-reactive ketones (excluding diaryl/α,β-unsaturated/α-hetero) is 1. The van der Waals surface area contributed by atoms with Crippen molar-refractivity contribution < 1.29 is 4.79 Å². The van der Waals surface area contributed by atoms with Gasteiger partial charge in [0.1, 0.15) is 5.69 Å². The van der Waals surface area contributed by atoms with Gasteiger partial charge in [0.2, 0.25) is 0 Å². The molecule has 1 rings (SSSR count). The van der Waals surface area contributed by atoms with E-state index in [0.717, 1.165) is 0 Å². The van der Waals surface area contributed by atoms with Crippen LogP contribution >= 0.6 is 15.9 Å². The van der Waals surface area contributed by atoms with Crippen molar-refractivity contribution in [3.63, 3.8) is 0 Å². The molecule has 0 amide bonds. The Kier molecular flexibility index (Phi) is 2.93. The number of likely N-dealkylation sites (N-methyl/N-ethyl adjacent to an activating group) is 1. The van der Waals surface area contributed by atoms with Gasteiger partial charge in [0.15, 0.2) is 10.4 Å².